The minimum Gasteiger partial charge on any atom is -0.356 e. The summed E-state index contributed by atoms with van der Waals surface area (Å²) in [7, 11) is 0. The Kier molecular flexibility index (Phi) is 4.24. The normalized spacial score (nSPS) is 11.7. The summed E-state index contributed by atoms with van der Waals surface area (Å²) < 4.78 is 1.75. The maximum absolute atomic E-state index is 6.08. The molecule has 0 saturated carbocycles. The highest BCUT2D eigenvalue weighted by molar-refractivity contribution is 6.29. The van der Waals surface area contributed by atoms with E-state index < -0.39 is 0 Å². The van der Waals surface area contributed by atoms with Crippen molar-refractivity contribution in [1.29, 1.82) is 0 Å². The molecule has 0 radical (unpaired) electrons. The Labute approximate surface area is 118 Å². The van der Waals surface area contributed by atoms with Crippen LogP contribution in [0.5, 0.6) is 0 Å². The molecule has 19 heavy (non-hydrogen) atoms. The Morgan fingerprint density at radius 2 is 1.84 bits per heavy atom. The van der Waals surface area contributed by atoms with Crippen LogP contribution in [0.15, 0.2) is 12.4 Å². The molecule has 0 aromatic carbocycles. The molecule has 0 aliphatic rings. The lowest BCUT2D eigenvalue weighted by molar-refractivity contribution is 0.544. The summed E-state index contributed by atoms with van der Waals surface area (Å²) in [6.07, 6.45) is 1.51. The van der Waals surface area contributed by atoms with Crippen LogP contribution in [0.25, 0.3) is 5.78 Å². The zero-order valence-electron chi connectivity index (χ0n) is 11.8. The summed E-state index contributed by atoms with van der Waals surface area (Å²) in [5.74, 6) is 2.61. The van der Waals surface area contributed by atoms with Crippen LogP contribution in [0.1, 0.15) is 27.7 Å². The minimum absolute atomic E-state index is 0.452. The van der Waals surface area contributed by atoms with Crippen LogP contribution in [0.3, 0.4) is 0 Å². The van der Waals surface area contributed by atoms with Gasteiger partial charge in [-0.3, -0.25) is 0 Å². The summed E-state index contributed by atoms with van der Waals surface area (Å²) in [5, 5.41) is 4.69. The van der Waals surface area contributed by atoms with Crippen molar-refractivity contribution >= 4 is 23.2 Å². The predicted molar refractivity (Wildman–Crippen MR) is 77.7 cm³/mol. The number of anilines is 1. The van der Waals surface area contributed by atoms with Gasteiger partial charge in [0.05, 0.1) is 0 Å². The minimum atomic E-state index is 0.452. The first-order valence-corrected chi connectivity index (χ1v) is 6.96. The molecule has 5 nitrogen and oxygen atoms in total. The van der Waals surface area contributed by atoms with Crippen molar-refractivity contribution < 1.29 is 0 Å². The summed E-state index contributed by atoms with van der Waals surface area (Å²) in [6.45, 7) is 10.7. The fourth-order valence-electron chi connectivity index (χ4n) is 2.14. The highest BCUT2D eigenvalue weighted by atomic mass is 35.5. The zero-order chi connectivity index (χ0) is 14.0. The molecule has 104 valence electrons. The molecule has 0 bridgehead atoms. The average molecular weight is 282 g/mol. The van der Waals surface area contributed by atoms with Gasteiger partial charge in [-0.05, 0) is 11.8 Å². The molecule has 0 N–H and O–H groups in total. The van der Waals surface area contributed by atoms with Gasteiger partial charge in [0.15, 0.2) is 0 Å². The number of halogens is 1. The van der Waals surface area contributed by atoms with Crippen LogP contribution in [-0.2, 0) is 0 Å². The number of hydrogen-bond acceptors (Lipinski definition) is 4. The second-order valence-corrected chi connectivity index (χ2v) is 5.99. The number of nitrogens with zero attached hydrogens (tertiary/aromatic N) is 5. The Hall–Kier alpha value is -1.36. The molecule has 2 rings (SSSR count). The van der Waals surface area contributed by atoms with E-state index in [1.807, 2.05) is 6.07 Å². The molecule has 6 heteroatoms. The van der Waals surface area contributed by atoms with E-state index in [4.69, 9.17) is 11.6 Å². The molecule has 0 unspecified atom stereocenters. The molecule has 0 atom stereocenters. The van der Waals surface area contributed by atoms with E-state index in [-0.39, 0.29) is 0 Å². The highest BCUT2D eigenvalue weighted by Crippen LogP contribution is 2.21. The zero-order valence-corrected chi connectivity index (χ0v) is 12.6. The molecule has 2 heterocycles. The lowest BCUT2D eigenvalue weighted by Crippen LogP contribution is -2.33. The van der Waals surface area contributed by atoms with Crippen molar-refractivity contribution in [2.24, 2.45) is 11.8 Å². The molecule has 0 saturated heterocycles. The van der Waals surface area contributed by atoms with Crippen molar-refractivity contribution in [1.82, 2.24) is 19.6 Å². The fraction of sp³-hybridized carbons (Fsp3) is 0.615. The summed E-state index contributed by atoms with van der Waals surface area (Å²) in [5.41, 5.74) is 0. The molecule has 0 spiro atoms. The first-order valence-electron chi connectivity index (χ1n) is 6.58. The van der Waals surface area contributed by atoms with Crippen molar-refractivity contribution in [3.05, 3.63) is 17.5 Å². The van der Waals surface area contributed by atoms with Crippen LogP contribution >= 0.6 is 11.6 Å². The van der Waals surface area contributed by atoms with Gasteiger partial charge in [0.25, 0.3) is 5.78 Å². The van der Waals surface area contributed by atoms with Gasteiger partial charge in [-0.25, -0.2) is 0 Å². The average Bonchev–Trinajstić information content (AvgIpc) is 2.73. The third-order valence-electron chi connectivity index (χ3n) is 2.70. The van der Waals surface area contributed by atoms with Crippen LogP contribution in [0, 0.1) is 11.8 Å². The van der Waals surface area contributed by atoms with E-state index in [2.05, 4.69) is 47.7 Å². The van der Waals surface area contributed by atoms with Gasteiger partial charge in [-0.1, -0.05) is 39.3 Å². The van der Waals surface area contributed by atoms with E-state index in [0.717, 1.165) is 18.9 Å². The maximum Gasteiger partial charge on any atom is 0.255 e. The molecule has 0 aliphatic carbocycles. The van der Waals surface area contributed by atoms with Gasteiger partial charge < -0.3 is 4.90 Å². The number of rotatable bonds is 5. The van der Waals surface area contributed by atoms with Crippen LogP contribution < -0.4 is 4.90 Å². The fourth-order valence-corrected chi connectivity index (χ4v) is 2.31. The van der Waals surface area contributed by atoms with E-state index in [0.29, 0.717) is 22.8 Å². The topological polar surface area (TPSA) is 46.3 Å². The third-order valence-corrected chi connectivity index (χ3v) is 2.89. The van der Waals surface area contributed by atoms with Crippen molar-refractivity contribution in [3.63, 3.8) is 0 Å². The van der Waals surface area contributed by atoms with Gasteiger partial charge in [-0.15, -0.1) is 0 Å². The van der Waals surface area contributed by atoms with Crippen molar-refractivity contribution in [2.45, 2.75) is 27.7 Å². The summed E-state index contributed by atoms with van der Waals surface area (Å²) in [6, 6.07) is 1.86. The molecule has 2 aromatic rings. The SMILES string of the molecule is CC(C)CN(CC(C)C)c1cc(Cl)nc2ncnn12. The quantitative estimate of drug-likeness (QED) is 0.791. The van der Waals surface area contributed by atoms with Crippen molar-refractivity contribution in [2.75, 3.05) is 18.0 Å². The standard InChI is InChI=1S/C13H20ClN5/c1-9(2)6-18(7-10(3)4)12-5-11(14)17-13-15-8-16-19(12)13/h5,8-10H,6-7H2,1-4H3. The van der Waals surface area contributed by atoms with Crippen LogP contribution in [-0.4, -0.2) is 32.7 Å². The second-order valence-electron chi connectivity index (χ2n) is 5.60. The highest BCUT2D eigenvalue weighted by Gasteiger charge is 2.16. The second kappa shape index (κ2) is 5.74. The molecule has 2 aromatic heterocycles. The monoisotopic (exact) mass is 281 g/mol. The molecular weight excluding hydrogens is 262 g/mol. The van der Waals surface area contributed by atoms with Gasteiger partial charge in [0.2, 0.25) is 0 Å². The Bertz CT molecular complexity index is 539. The lowest BCUT2D eigenvalue weighted by Gasteiger charge is -2.28. The van der Waals surface area contributed by atoms with Gasteiger partial charge in [0.1, 0.15) is 17.3 Å². The Balaban J connectivity index is 2.44. The number of aromatic nitrogens is 4. The van der Waals surface area contributed by atoms with Gasteiger partial charge in [0, 0.05) is 19.2 Å². The van der Waals surface area contributed by atoms with E-state index in [1.165, 1.54) is 6.33 Å². The third kappa shape index (κ3) is 3.35. The maximum atomic E-state index is 6.08. The lowest BCUT2D eigenvalue weighted by atomic mass is 10.1. The van der Waals surface area contributed by atoms with E-state index >= 15 is 0 Å². The Morgan fingerprint density at radius 1 is 1.21 bits per heavy atom. The van der Waals surface area contributed by atoms with Gasteiger partial charge >= 0.3 is 0 Å². The summed E-state index contributed by atoms with van der Waals surface area (Å²) in [4.78, 5) is 10.6. The largest absolute Gasteiger partial charge is 0.356 e. The van der Waals surface area contributed by atoms with Crippen LogP contribution in [0.4, 0.5) is 5.82 Å². The molecule has 0 amide bonds. The number of hydrogen-bond donors (Lipinski definition) is 0. The van der Waals surface area contributed by atoms with Gasteiger partial charge in [-0.2, -0.15) is 19.6 Å². The molecular formula is C13H20ClN5. The number of fused-ring (bicyclic) bond motifs is 1. The van der Waals surface area contributed by atoms with E-state index in [1.54, 1.807) is 4.52 Å². The predicted octanol–water partition coefficient (Wildman–Crippen LogP) is 2.90. The molecule has 0 aliphatic heterocycles. The first-order chi connectivity index (χ1) is 8.97. The van der Waals surface area contributed by atoms with Crippen molar-refractivity contribution in [3.8, 4) is 0 Å². The van der Waals surface area contributed by atoms with E-state index in [9.17, 15) is 0 Å². The summed E-state index contributed by atoms with van der Waals surface area (Å²) >= 11 is 6.08. The molecule has 0 fully saturated rings. The Morgan fingerprint density at radius 3 is 2.42 bits per heavy atom. The van der Waals surface area contributed by atoms with Crippen LogP contribution in [0.2, 0.25) is 5.15 Å². The first kappa shape index (κ1) is 14.1. The smallest absolute Gasteiger partial charge is 0.255 e.